The van der Waals surface area contributed by atoms with E-state index >= 15 is 0 Å². The summed E-state index contributed by atoms with van der Waals surface area (Å²) in [6.45, 7) is 3.60. The number of anilines is 1. The molecule has 1 saturated heterocycles. The smallest absolute Gasteiger partial charge is 0.321 e. The summed E-state index contributed by atoms with van der Waals surface area (Å²) in [6, 6.07) is 6.03. The molecule has 2 amide bonds. The molecule has 1 aliphatic rings. The second-order valence-electron chi connectivity index (χ2n) is 3.72. The summed E-state index contributed by atoms with van der Waals surface area (Å²) in [5.74, 6) is 0. The van der Waals surface area contributed by atoms with Gasteiger partial charge in [-0.2, -0.15) is 0 Å². The third-order valence-electron chi connectivity index (χ3n) is 2.42. The molecule has 0 atom stereocenters. The molecule has 1 aromatic carbocycles. The van der Waals surface area contributed by atoms with Crippen LogP contribution in [0, 0.1) is 6.92 Å². The summed E-state index contributed by atoms with van der Waals surface area (Å²) in [5.41, 5.74) is 2.11. The molecule has 2 rings (SSSR count). The lowest BCUT2D eigenvalue weighted by molar-refractivity contribution is 0.243. The molecule has 0 spiro atoms. The van der Waals surface area contributed by atoms with Gasteiger partial charge in [-0.3, -0.25) is 4.90 Å². The van der Waals surface area contributed by atoms with Crippen LogP contribution in [0.4, 0.5) is 10.5 Å². The van der Waals surface area contributed by atoms with Crippen molar-refractivity contribution < 1.29 is 4.79 Å². The summed E-state index contributed by atoms with van der Waals surface area (Å²) in [6.07, 6.45) is 0.997. The van der Waals surface area contributed by atoms with E-state index in [1.807, 2.05) is 25.1 Å². The molecular weight excluding hydrogens is 256 g/mol. The molecule has 0 aromatic heterocycles. The Morgan fingerprint density at radius 1 is 1.40 bits per heavy atom. The van der Waals surface area contributed by atoms with E-state index in [0.717, 1.165) is 35.2 Å². The Kier molecular flexibility index (Phi) is 2.95. The Morgan fingerprint density at radius 3 is 2.87 bits per heavy atom. The fourth-order valence-corrected chi connectivity index (χ4v) is 2.34. The topological polar surface area (TPSA) is 32.3 Å². The van der Waals surface area contributed by atoms with E-state index in [4.69, 9.17) is 0 Å². The standard InChI is InChI=1S/C11H13BrN2O/c1-8-5-9(12)7-10(6-8)14-4-2-3-13-11(14)15/h5-7H,2-4H2,1H3,(H,13,15). The third kappa shape index (κ3) is 2.31. The minimum absolute atomic E-state index is 0.00116. The van der Waals surface area contributed by atoms with E-state index in [2.05, 4.69) is 21.2 Å². The summed E-state index contributed by atoms with van der Waals surface area (Å²) in [7, 11) is 0. The van der Waals surface area contributed by atoms with Gasteiger partial charge in [0.25, 0.3) is 0 Å². The molecule has 3 nitrogen and oxygen atoms in total. The highest BCUT2D eigenvalue weighted by molar-refractivity contribution is 9.10. The lowest BCUT2D eigenvalue weighted by atomic mass is 10.2. The van der Waals surface area contributed by atoms with Crippen LogP contribution in [-0.4, -0.2) is 19.1 Å². The number of halogens is 1. The van der Waals surface area contributed by atoms with E-state index in [-0.39, 0.29) is 6.03 Å². The minimum Gasteiger partial charge on any atom is -0.338 e. The van der Waals surface area contributed by atoms with Crippen LogP contribution in [0.25, 0.3) is 0 Å². The SMILES string of the molecule is Cc1cc(Br)cc(N2CCCNC2=O)c1. The van der Waals surface area contributed by atoms with Crippen molar-refractivity contribution in [1.29, 1.82) is 0 Å². The van der Waals surface area contributed by atoms with Gasteiger partial charge in [-0.05, 0) is 37.1 Å². The summed E-state index contributed by atoms with van der Waals surface area (Å²) in [4.78, 5) is 13.4. The van der Waals surface area contributed by atoms with E-state index in [9.17, 15) is 4.79 Å². The van der Waals surface area contributed by atoms with Gasteiger partial charge in [-0.25, -0.2) is 4.79 Å². The van der Waals surface area contributed by atoms with Gasteiger partial charge >= 0.3 is 6.03 Å². The molecule has 0 bridgehead atoms. The minimum atomic E-state index is -0.00116. The number of nitrogens with zero attached hydrogens (tertiary/aromatic N) is 1. The van der Waals surface area contributed by atoms with Gasteiger partial charge in [0.15, 0.2) is 0 Å². The average molecular weight is 269 g/mol. The molecule has 80 valence electrons. The molecule has 0 radical (unpaired) electrons. The van der Waals surface area contributed by atoms with Crippen LogP contribution < -0.4 is 10.2 Å². The lowest BCUT2D eigenvalue weighted by Gasteiger charge is -2.27. The van der Waals surface area contributed by atoms with Crippen molar-refractivity contribution in [2.75, 3.05) is 18.0 Å². The zero-order valence-corrected chi connectivity index (χ0v) is 10.2. The fourth-order valence-electron chi connectivity index (χ4n) is 1.75. The van der Waals surface area contributed by atoms with Crippen molar-refractivity contribution in [2.24, 2.45) is 0 Å². The first-order valence-corrected chi connectivity index (χ1v) is 5.79. The monoisotopic (exact) mass is 268 g/mol. The average Bonchev–Trinajstić information content (AvgIpc) is 2.16. The number of benzene rings is 1. The molecule has 4 heteroatoms. The van der Waals surface area contributed by atoms with Gasteiger partial charge in [-0.1, -0.05) is 15.9 Å². The number of hydrogen-bond donors (Lipinski definition) is 1. The van der Waals surface area contributed by atoms with Crippen molar-refractivity contribution in [3.63, 3.8) is 0 Å². The van der Waals surface area contributed by atoms with Crippen LogP contribution in [0.2, 0.25) is 0 Å². The van der Waals surface area contributed by atoms with Crippen molar-refractivity contribution in [1.82, 2.24) is 5.32 Å². The molecule has 15 heavy (non-hydrogen) atoms. The third-order valence-corrected chi connectivity index (χ3v) is 2.88. The largest absolute Gasteiger partial charge is 0.338 e. The van der Waals surface area contributed by atoms with E-state index in [1.54, 1.807) is 4.90 Å². The number of carbonyl (C=O) groups is 1. The molecule has 0 aliphatic carbocycles. The first kappa shape index (κ1) is 10.5. The van der Waals surface area contributed by atoms with Gasteiger partial charge in [0.2, 0.25) is 0 Å². The van der Waals surface area contributed by atoms with Gasteiger partial charge in [0.05, 0.1) is 0 Å². The maximum absolute atomic E-state index is 11.6. The van der Waals surface area contributed by atoms with Crippen molar-refractivity contribution in [3.05, 3.63) is 28.2 Å². The molecule has 1 aromatic rings. The Bertz CT molecular complexity index is 372. The number of amides is 2. The van der Waals surface area contributed by atoms with Gasteiger partial charge < -0.3 is 5.32 Å². The van der Waals surface area contributed by atoms with E-state index in [1.165, 1.54) is 0 Å². The molecule has 1 aliphatic heterocycles. The molecule has 1 N–H and O–H groups in total. The normalized spacial score (nSPS) is 16.4. The van der Waals surface area contributed by atoms with Crippen molar-refractivity contribution in [2.45, 2.75) is 13.3 Å². The second kappa shape index (κ2) is 4.23. The Labute approximate surface area is 97.6 Å². The molecular formula is C11H13BrN2O. The van der Waals surface area contributed by atoms with Gasteiger partial charge in [0, 0.05) is 23.2 Å². The van der Waals surface area contributed by atoms with Crippen LogP contribution in [0.1, 0.15) is 12.0 Å². The van der Waals surface area contributed by atoms with Gasteiger partial charge in [-0.15, -0.1) is 0 Å². The first-order valence-electron chi connectivity index (χ1n) is 4.99. The van der Waals surface area contributed by atoms with Crippen LogP contribution in [0.3, 0.4) is 0 Å². The van der Waals surface area contributed by atoms with Crippen LogP contribution >= 0.6 is 15.9 Å². The first-order chi connectivity index (χ1) is 7.16. The number of nitrogens with one attached hydrogen (secondary N) is 1. The highest BCUT2D eigenvalue weighted by atomic mass is 79.9. The van der Waals surface area contributed by atoms with Crippen molar-refractivity contribution in [3.8, 4) is 0 Å². The molecule has 0 unspecified atom stereocenters. The maximum Gasteiger partial charge on any atom is 0.321 e. The van der Waals surface area contributed by atoms with Crippen LogP contribution in [-0.2, 0) is 0 Å². The predicted molar refractivity (Wildman–Crippen MR) is 64.2 cm³/mol. The van der Waals surface area contributed by atoms with Crippen LogP contribution in [0.15, 0.2) is 22.7 Å². The zero-order valence-electron chi connectivity index (χ0n) is 8.59. The highest BCUT2D eigenvalue weighted by Gasteiger charge is 2.19. The summed E-state index contributed by atoms with van der Waals surface area (Å²) >= 11 is 3.44. The molecule has 1 heterocycles. The lowest BCUT2D eigenvalue weighted by Crippen LogP contribution is -2.46. The Morgan fingerprint density at radius 2 is 2.20 bits per heavy atom. The van der Waals surface area contributed by atoms with E-state index in [0.29, 0.717) is 0 Å². The predicted octanol–water partition coefficient (Wildman–Crippen LogP) is 2.68. The molecule has 0 saturated carbocycles. The molecule has 1 fully saturated rings. The quantitative estimate of drug-likeness (QED) is 0.835. The summed E-state index contributed by atoms with van der Waals surface area (Å²) in [5, 5.41) is 2.84. The zero-order chi connectivity index (χ0) is 10.8. The second-order valence-corrected chi connectivity index (χ2v) is 4.64. The maximum atomic E-state index is 11.6. The number of rotatable bonds is 1. The fraction of sp³-hybridized carbons (Fsp3) is 0.364. The number of hydrogen-bond acceptors (Lipinski definition) is 1. The van der Waals surface area contributed by atoms with Crippen molar-refractivity contribution >= 4 is 27.6 Å². The van der Waals surface area contributed by atoms with Gasteiger partial charge in [0.1, 0.15) is 0 Å². The number of aryl methyl sites for hydroxylation is 1. The number of carbonyl (C=O) groups excluding carboxylic acids is 1. The number of urea groups is 1. The van der Waals surface area contributed by atoms with Crippen LogP contribution in [0.5, 0.6) is 0 Å². The Hall–Kier alpha value is -1.03. The van der Waals surface area contributed by atoms with E-state index < -0.39 is 0 Å². The summed E-state index contributed by atoms with van der Waals surface area (Å²) < 4.78 is 1.01. The Balaban J connectivity index is 2.31. The highest BCUT2D eigenvalue weighted by Crippen LogP contribution is 2.23.